The number of halogens is 2. The number of ether oxygens (including phenoxy) is 1. The maximum atomic E-state index is 13.3. The first-order valence-electron chi connectivity index (χ1n) is 8.49. The van der Waals surface area contributed by atoms with Gasteiger partial charge in [-0.1, -0.05) is 23.4 Å². The largest absolute Gasteiger partial charge is 0.398 e. The molecule has 4 rings (SSSR count). The minimum Gasteiger partial charge on any atom is -0.398 e. The van der Waals surface area contributed by atoms with Gasteiger partial charge in [-0.15, -0.1) is 0 Å². The lowest BCUT2D eigenvalue weighted by Gasteiger charge is -2.10. The van der Waals surface area contributed by atoms with Crippen molar-refractivity contribution in [2.24, 2.45) is 0 Å². The Morgan fingerprint density at radius 2 is 2.15 bits per heavy atom. The molecule has 0 spiro atoms. The molecule has 0 aliphatic carbocycles. The number of nitrogens with one attached hydrogen (secondary N) is 1. The summed E-state index contributed by atoms with van der Waals surface area (Å²) in [6, 6.07) is 7.98. The lowest BCUT2D eigenvalue weighted by Crippen LogP contribution is -2.01. The molecule has 3 aromatic rings. The van der Waals surface area contributed by atoms with E-state index in [1.54, 1.807) is 12.1 Å². The van der Waals surface area contributed by atoms with Crippen molar-refractivity contribution >= 4 is 39.7 Å². The number of nitrogen functional groups attached to an aromatic ring is 1. The molecule has 1 aliphatic heterocycles. The highest BCUT2D eigenvalue weighted by atomic mass is 35.5. The van der Waals surface area contributed by atoms with Crippen LogP contribution in [0.4, 0.5) is 21.6 Å². The highest BCUT2D eigenvalue weighted by Gasteiger charge is 2.13. The molecule has 2 aromatic carbocycles. The van der Waals surface area contributed by atoms with Crippen LogP contribution in [0.25, 0.3) is 10.9 Å². The molecular weight excluding hydrogens is 367 g/mol. The smallest absolute Gasteiger partial charge is 0.141 e. The molecule has 0 saturated carbocycles. The molecule has 0 bridgehead atoms. The van der Waals surface area contributed by atoms with Crippen LogP contribution in [0.2, 0.25) is 5.02 Å². The zero-order chi connectivity index (χ0) is 18.8. The van der Waals surface area contributed by atoms with Gasteiger partial charge < -0.3 is 15.8 Å². The maximum Gasteiger partial charge on any atom is 0.141 e. The van der Waals surface area contributed by atoms with E-state index in [2.05, 4.69) is 27.1 Å². The van der Waals surface area contributed by atoms with Gasteiger partial charge in [-0.05, 0) is 43.2 Å². The molecule has 7 heteroatoms. The van der Waals surface area contributed by atoms with E-state index in [1.165, 1.54) is 18.5 Å². The lowest BCUT2D eigenvalue weighted by molar-refractivity contribution is 0.152. The molecule has 1 atom stereocenters. The van der Waals surface area contributed by atoms with Crippen molar-refractivity contribution in [1.29, 1.82) is 0 Å². The Hall–Kier alpha value is -2.88. The van der Waals surface area contributed by atoms with Crippen molar-refractivity contribution in [3.63, 3.8) is 0 Å². The second kappa shape index (κ2) is 7.39. The van der Waals surface area contributed by atoms with Gasteiger partial charge in [0.15, 0.2) is 0 Å². The minimum absolute atomic E-state index is 0.0320. The number of benzene rings is 2. The topological polar surface area (TPSA) is 73.1 Å². The Kier molecular flexibility index (Phi) is 4.80. The molecule has 0 amide bonds. The van der Waals surface area contributed by atoms with Gasteiger partial charge in [0.2, 0.25) is 0 Å². The van der Waals surface area contributed by atoms with Crippen LogP contribution in [0.15, 0.2) is 36.7 Å². The summed E-state index contributed by atoms with van der Waals surface area (Å²) in [7, 11) is 0. The Bertz CT molecular complexity index is 1070. The summed E-state index contributed by atoms with van der Waals surface area (Å²) in [5.74, 6) is 6.27. The first-order chi connectivity index (χ1) is 13.1. The number of anilines is 3. The predicted octanol–water partition coefficient (Wildman–Crippen LogP) is 4.28. The second-order valence-electron chi connectivity index (χ2n) is 6.20. The van der Waals surface area contributed by atoms with Gasteiger partial charge in [-0.3, -0.25) is 0 Å². The highest BCUT2D eigenvalue weighted by molar-refractivity contribution is 6.31. The molecule has 1 aromatic heterocycles. The summed E-state index contributed by atoms with van der Waals surface area (Å²) >= 11 is 5.84. The number of hydrogen-bond donors (Lipinski definition) is 2. The first-order valence-corrected chi connectivity index (χ1v) is 8.87. The van der Waals surface area contributed by atoms with Gasteiger partial charge in [0.25, 0.3) is 0 Å². The Morgan fingerprint density at radius 3 is 2.93 bits per heavy atom. The zero-order valence-electron chi connectivity index (χ0n) is 14.3. The van der Waals surface area contributed by atoms with Crippen LogP contribution in [0.1, 0.15) is 18.4 Å². The number of hydrogen-bond acceptors (Lipinski definition) is 5. The fourth-order valence-corrected chi connectivity index (χ4v) is 3.07. The molecule has 136 valence electrons. The van der Waals surface area contributed by atoms with Crippen molar-refractivity contribution in [3.8, 4) is 11.8 Å². The predicted molar refractivity (Wildman–Crippen MR) is 104 cm³/mol. The molecule has 1 saturated heterocycles. The van der Waals surface area contributed by atoms with E-state index in [0.29, 0.717) is 28.3 Å². The van der Waals surface area contributed by atoms with Gasteiger partial charge in [-0.25, -0.2) is 14.4 Å². The van der Waals surface area contributed by atoms with E-state index in [-0.39, 0.29) is 11.1 Å². The number of aromatic nitrogens is 2. The molecule has 0 radical (unpaired) electrons. The van der Waals surface area contributed by atoms with Crippen molar-refractivity contribution in [1.82, 2.24) is 9.97 Å². The molecule has 2 heterocycles. The molecule has 1 aliphatic rings. The van der Waals surface area contributed by atoms with Crippen molar-refractivity contribution < 1.29 is 9.13 Å². The fourth-order valence-electron chi connectivity index (χ4n) is 2.89. The average Bonchev–Trinajstić information content (AvgIpc) is 3.17. The quantitative estimate of drug-likeness (QED) is 0.511. The van der Waals surface area contributed by atoms with Crippen molar-refractivity contribution in [3.05, 3.63) is 53.1 Å². The van der Waals surface area contributed by atoms with E-state index < -0.39 is 5.82 Å². The van der Waals surface area contributed by atoms with Gasteiger partial charge in [0, 0.05) is 28.9 Å². The van der Waals surface area contributed by atoms with Gasteiger partial charge in [0.05, 0.1) is 10.5 Å². The van der Waals surface area contributed by atoms with E-state index in [0.717, 1.165) is 24.8 Å². The van der Waals surface area contributed by atoms with Crippen LogP contribution >= 0.6 is 11.6 Å². The Morgan fingerprint density at radius 1 is 1.26 bits per heavy atom. The van der Waals surface area contributed by atoms with Crippen molar-refractivity contribution in [2.75, 3.05) is 17.7 Å². The van der Waals surface area contributed by atoms with Crippen LogP contribution in [-0.2, 0) is 4.74 Å². The number of rotatable bonds is 2. The summed E-state index contributed by atoms with van der Waals surface area (Å²) in [4.78, 5) is 8.57. The second-order valence-corrected chi connectivity index (χ2v) is 6.61. The van der Waals surface area contributed by atoms with E-state index in [4.69, 9.17) is 22.1 Å². The summed E-state index contributed by atoms with van der Waals surface area (Å²) in [6.07, 6.45) is 3.38. The molecule has 5 nitrogen and oxygen atoms in total. The van der Waals surface area contributed by atoms with Crippen LogP contribution in [-0.4, -0.2) is 22.7 Å². The summed E-state index contributed by atoms with van der Waals surface area (Å²) < 4.78 is 18.9. The van der Waals surface area contributed by atoms with Crippen LogP contribution in [0, 0.1) is 17.7 Å². The van der Waals surface area contributed by atoms with Crippen LogP contribution in [0.3, 0.4) is 0 Å². The number of nitrogens with zero attached hydrogens (tertiary/aromatic N) is 2. The minimum atomic E-state index is -0.478. The molecular formula is C20H16ClFN4O. The third-order valence-corrected chi connectivity index (χ3v) is 4.58. The van der Waals surface area contributed by atoms with Crippen molar-refractivity contribution in [2.45, 2.75) is 18.9 Å². The average molecular weight is 383 g/mol. The number of fused-ring (bicyclic) bond motifs is 1. The SMILES string of the molecule is Nc1cc2c(Nc3ccc(F)c(Cl)c3)ncnc2cc1C#C[C@@H]1CCCO1. The van der Waals surface area contributed by atoms with Crippen LogP contribution < -0.4 is 11.1 Å². The molecule has 27 heavy (non-hydrogen) atoms. The van der Waals surface area contributed by atoms with Crippen LogP contribution in [0.5, 0.6) is 0 Å². The first kappa shape index (κ1) is 17.5. The third-order valence-electron chi connectivity index (χ3n) is 4.29. The molecule has 1 fully saturated rings. The van der Waals surface area contributed by atoms with Gasteiger partial charge in [-0.2, -0.15) is 0 Å². The zero-order valence-corrected chi connectivity index (χ0v) is 15.1. The summed E-state index contributed by atoms with van der Waals surface area (Å²) in [6.45, 7) is 0.752. The summed E-state index contributed by atoms with van der Waals surface area (Å²) in [5.41, 5.74) is 8.73. The number of nitrogens with two attached hydrogens (primary N) is 1. The van der Waals surface area contributed by atoms with E-state index >= 15 is 0 Å². The standard InChI is InChI=1S/C20H16ClFN4O/c21-16-9-13(4-6-17(16)22)26-20-15-10-18(23)12(8-19(15)24-11-25-20)3-5-14-2-1-7-27-14/h4,6,8-11,14H,1-2,7,23H2,(H,24,25,26)/t14-/m0/s1. The van der Waals surface area contributed by atoms with E-state index in [9.17, 15) is 4.39 Å². The lowest BCUT2D eigenvalue weighted by atomic mass is 10.1. The Balaban J connectivity index is 1.68. The third kappa shape index (κ3) is 3.80. The van der Waals surface area contributed by atoms with E-state index in [1.807, 2.05) is 6.07 Å². The monoisotopic (exact) mass is 382 g/mol. The van der Waals surface area contributed by atoms with Gasteiger partial charge in [0.1, 0.15) is 24.1 Å². The molecule has 3 N–H and O–H groups in total. The Labute approximate surface area is 160 Å². The normalized spacial score (nSPS) is 16.1. The maximum absolute atomic E-state index is 13.3. The fraction of sp³-hybridized carbons (Fsp3) is 0.200. The summed E-state index contributed by atoms with van der Waals surface area (Å²) in [5, 5.41) is 3.89. The highest BCUT2D eigenvalue weighted by Crippen LogP contribution is 2.28. The molecule has 0 unspecified atom stereocenters. The van der Waals surface area contributed by atoms with Gasteiger partial charge >= 0.3 is 0 Å².